The molecule has 1 atom stereocenters. The fourth-order valence-electron chi connectivity index (χ4n) is 2.06. The molecule has 200 valence electrons. The van der Waals surface area contributed by atoms with Gasteiger partial charge in [0.25, 0.3) is 0 Å². The van der Waals surface area contributed by atoms with Crippen LogP contribution in [0.2, 0.25) is 0 Å². The number of carbonyl (C=O) groups excluding carboxylic acids is 2. The Labute approximate surface area is 214 Å². The first-order valence-electron chi connectivity index (χ1n) is 11.8. The van der Waals surface area contributed by atoms with Crippen molar-refractivity contribution in [1.82, 2.24) is 16.0 Å². The van der Waals surface area contributed by atoms with Gasteiger partial charge in [0.2, 0.25) is 11.8 Å². The second kappa shape index (κ2) is 30.0. The molecular weight excluding hydrogens is 478 g/mol. The van der Waals surface area contributed by atoms with Crippen LogP contribution < -0.4 is 16.0 Å². The summed E-state index contributed by atoms with van der Waals surface area (Å²) >= 11 is 0. The molecule has 0 aromatic rings. The summed E-state index contributed by atoms with van der Waals surface area (Å²) in [5.41, 5.74) is 0.289. The minimum absolute atomic E-state index is 0.0666. The van der Waals surface area contributed by atoms with Gasteiger partial charge in [0, 0.05) is 32.4 Å². The van der Waals surface area contributed by atoms with Gasteiger partial charge in [-0.15, -0.1) is 5.92 Å². The van der Waals surface area contributed by atoms with E-state index in [0.29, 0.717) is 39.5 Å². The zero-order valence-electron chi connectivity index (χ0n) is 21.5. The topological polar surface area (TPSA) is 107 Å². The van der Waals surface area contributed by atoms with E-state index in [0.717, 1.165) is 19.4 Å². The number of rotatable bonds is 15. The number of carbonyl (C=O) groups is 2. The van der Waals surface area contributed by atoms with E-state index in [9.17, 15) is 9.59 Å². The highest BCUT2D eigenvalue weighted by Gasteiger charge is 2.14. The Morgan fingerprint density at radius 2 is 1.65 bits per heavy atom. The van der Waals surface area contributed by atoms with Crippen LogP contribution >= 0.6 is 21.6 Å². The van der Waals surface area contributed by atoms with Gasteiger partial charge in [-0.1, -0.05) is 48.3 Å². The summed E-state index contributed by atoms with van der Waals surface area (Å²) in [5, 5.41) is 8.32. The smallest absolute Gasteiger partial charge is 0.246 e. The van der Waals surface area contributed by atoms with Crippen LogP contribution in [-0.2, 0) is 28.5 Å². The number of hydrogen-bond acceptors (Lipinski definition) is 9. The molecule has 1 fully saturated rings. The number of likely N-dealkylation sites (N-methyl/N-ethyl adjacent to an activating group) is 1. The lowest BCUT2D eigenvalue weighted by Gasteiger charge is -2.20. The quantitative estimate of drug-likeness (QED) is 0.169. The van der Waals surface area contributed by atoms with Crippen molar-refractivity contribution in [2.24, 2.45) is 0 Å². The fraction of sp³-hybridized carbons (Fsp3) is 0.826. The van der Waals surface area contributed by atoms with Crippen LogP contribution in [0.1, 0.15) is 40.0 Å². The van der Waals surface area contributed by atoms with Gasteiger partial charge >= 0.3 is 0 Å². The van der Waals surface area contributed by atoms with Crippen molar-refractivity contribution in [3.8, 4) is 11.8 Å². The van der Waals surface area contributed by atoms with Gasteiger partial charge in [-0.2, -0.15) is 0 Å². The van der Waals surface area contributed by atoms with Gasteiger partial charge in [-0.25, -0.2) is 0 Å². The van der Waals surface area contributed by atoms with Gasteiger partial charge in [-0.05, 0) is 19.9 Å². The van der Waals surface area contributed by atoms with Crippen LogP contribution in [0, 0.1) is 11.8 Å². The maximum absolute atomic E-state index is 11.3. The summed E-state index contributed by atoms with van der Waals surface area (Å²) < 4.78 is 20.6. The SMILES string of the molecule is CC.CCC#CCNC(=O)COCCOC.CNCCNC(=O)COCCOC1CCCSS1. The summed E-state index contributed by atoms with van der Waals surface area (Å²) in [7, 11) is 7.09. The molecule has 1 aliphatic heterocycles. The number of ether oxygens (including phenoxy) is 4. The standard InChI is InChI=1S/C11H22N2O3S2.C10H17NO3.C2H6/c1-12-4-5-13-10(14)9-15-6-7-16-11-3-2-8-17-18-11;1-3-4-5-6-11-10(12)9-14-8-7-13-2;1-2/h11-12H,2-9H2,1H3,(H,13,14);3,6-9H2,1-2H3,(H,11,12);1-2H3. The van der Waals surface area contributed by atoms with Gasteiger partial charge in [0.05, 0.1) is 33.0 Å². The highest BCUT2D eigenvalue weighted by atomic mass is 33.1. The molecule has 0 aromatic carbocycles. The lowest BCUT2D eigenvalue weighted by atomic mass is 10.3. The summed E-state index contributed by atoms with van der Waals surface area (Å²) in [5.74, 6) is 6.65. The van der Waals surface area contributed by atoms with E-state index in [2.05, 4.69) is 27.8 Å². The Balaban J connectivity index is 0. The zero-order valence-corrected chi connectivity index (χ0v) is 23.2. The molecule has 0 saturated carbocycles. The molecular formula is C23H45N3O6S2. The Bertz CT molecular complexity index is 527. The normalized spacial score (nSPS) is 14.3. The van der Waals surface area contributed by atoms with Crippen LogP contribution in [0.5, 0.6) is 0 Å². The van der Waals surface area contributed by atoms with Crippen LogP contribution in [0.15, 0.2) is 0 Å². The van der Waals surface area contributed by atoms with Crippen molar-refractivity contribution in [2.45, 2.75) is 45.5 Å². The van der Waals surface area contributed by atoms with Crippen molar-refractivity contribution in [1.29, 1.82) is 0 Å². The third kappa shape index (κ3) is 27.2. The van der Waals surface area contributed by atoms with Gasteiger partial charge < -0.3 is 34.9 Å². The highest BCUT2D eigenvalue weighted by molar-refractivity contribution is 8.77. The highest BCUT2D eigenvalue weighted by Crippen LogP contribution is 2.35. The first-order chi connectivity index (χ1) is 16.6. The van der Waals surface area contributed by atoms with Crippen LogP contribution in [0.4, 0.5) is 0 Å². The number of methoxy groups -OCH3 is 1. The molecule has 9 nitrogen and oxygen atoms in total. The van der Waals surface area contributed by atoms with Crippen molar-refractivity contribution in [3.05, 3.63) is 0 Å². The fourth-order valence-corrected chi connectivity index (χ4v) is 4.56. The molecule has 0 bridgehead atoms. The third-order valence-electron chi connectivity index (χ3n) is 3.65. The van der Waals surface area contributed by atoms with E-state index in [4.69, 9.17) is 18.9 Å². The Hall–Kier alpha value is -1.00. The van der Waals surface area contributed by atoms with Gasteiger partial charge in [0.15, 0.2) is 0 Å². The summed E-state index contributed by atoms with van der Waals surface area (Å²) in [6, 6.07) is 0. The molecule has 0 radical (unpaired) electrons. The second-order valence-electron chi connectivity index (χ2n) is 6.40. The molecule has 3 N–H and O–H groups in total. The van der Waals surface area contributed by atoms with Crippen LogP contribution in [0.25, 0.3) is 0 Å². The minimum Gasteiger partial charge on any atom is -0.382 e. The minimum atomic E-state index is -0.147. The summed E-state index contributed by atoms with van der Waals surface area (Å²) in [6.45, 7) is 9.90. The first kappa shape index (κ1) is 35.2. The average Bonchev–Trinajstić information content (AvgIpc) is 2.87. The number of amides is 2. The molecule has 1 rings (SSSR count). The van der Waals surface area contributed by atoms with Crippen molar-refractivity contribution in [2.75, 3.05) is 79.2 Å². The van der Waals surface area contributed by atoms with Crippen LogP contribution in [-0.4, -0.2) is 96.4 Å². The van der Waals surface area contributed by atoms with E-state index in [1.165, 1.54) is 12.2 Å². The van der Waals surface area contributed by atoms with Gasteiger partial charge in [-0.3, -0.25) is 9.59 Å². The lowest BCUT2D eigenvalue weighted by Crippen LogP contribution is -2.33. The average molecular weight is 524 g/mol. The lowest BCUT2D eigenvalue weighted by molar-refractivity contribution is -0.126. The maximum Gasteiger partial charge on any atom is 0.246 e. The zero-order chi connectivity index (χ0) is 25.7. The Morgan fingerprint density at radius 1 is 0.971 bits per heavy atom. The Kier molecular flexibility index (Phi) is 31.1. The van der Waals surface area contributed by atoms with Crippen molar-refractivity contribution < 1.29 is 28.5 Å². The van der Waals surface area contributed by atoms with E-state index in [1.807, 2.05) is 38.6 Å². The third-order valence-corrected chi connectivity index (χ3v) is 6.38. The van der Waals surface area contributed by atoms with Gasteiger partial charge in [0.1, 0.15) is 18.6 Å². The predicted molar refractivity (Wildman–Crippen MR) is 142 cm³/mol. The second-order valence-corrected chi connectivity index (χ2v) is 9.04. The molecule has 0 spiro atoms. The largest absolute Gasteiger partial charge is 0.382 e. The molecule has 2 amide bonds. The molecule has 0 aromatic heterocycles. The van der Waals surface area contributed by atoms with Crippen molar-refractivity contribution in [3.63, 3.8) is 0 Å². The number of nitrogens with one attached hydrogen (secondary N) is 3. The molecule has 1 aliphatic rings. The number of hydrogen-bond donors (Lipinski definition) is 3. The molecule has 1 saturated heterocycles. The molecule has 34 heavy (non-hydrogen) atoms. The molecule has 1 unspecified atom stereocenters. The summed E-state index contributed by atoms with van der Waals surface area (Å²) in [6.07, 6.45) is 3.14. The molecule has 0 aliphatic carbocycles. The molecule has 1 heterocycles. The first-order valence-corrected chi connectivity index (χ1v) is 14.2. The van der Waals surface area contributed by atoms with Crippen molar-refractivity contribution >= 4 is 33.4 Å². The predicted octanol–water partition coefficient (Wildman–Crippen LogP) is 2.06. The summed E-state index contributed by atoms with van der Waals surface area (Å²) in [4.78, 5) is 22.3. The van der Waals surface area contributed by atoms with E-state index in [1.54, 1.807) is 17.9 Å². The molecule has 11 heteroatoms. The van der Waals surface area contributed by atoms with E-state index < -0.39 is 0 Å². The monoisotopic (exact) mass is 523 g/mol. The van der Waals surface area contributed by atoms with E-state index in [-0.39, 0.29) is 30.5 Å². The Morgan fingerprint density at radius 3 is 2.24 bits per heavy atom. The maximum atomic E-state index is 11.3. The van der Waals surface area contributed by atoms with E-state index >= 15 is 0 Å². The van der Waals surface area contributed by atoms with Crippen LogP contribution in [0.3, 0.4) is 0 Å².